The standard InChI is InChI=1S/C33H32ClN3O2/c1-21(2)22-7-9-24(10-8-22)30-28-6-4-5-19-36-29(23-11-13-25(34)14-12-23)20-37(33(28)36)31(30)32(38)35-26-15-17-27(39-3)18-16-26/h7-18,20-21H,4-6,19H2,1-3H3,(H,35,38). The zero-order chi connectivity index (χ0) is 27.1. The van der Waals surface area contributed by atoms with Crippen LogP contribution in [0.25, 0.3) is 28.0 Å². The molecule has 0 bridgehead atoms. The molecule has 1 N–H and O–H groups in total. The van der Waals surface area contributed by atoms with E-state index in [1.165, 1.54) is 11.1 Å². The molecule has 0 atom stereocenters. The SMILES string of the molecule is COc1ccc(NC(=O)c2c(-c3ccc(C(C)C)cc3)c3c4n(c(-c5ccc(Cl)cc5)cn24)CCCC3)cc1. The zero-order valence-corrected chi connectivity index (χ0v) is 23.3. The summed E-state index contributed by atoms with van der Waals surface area (Å²) in [5, 5.41) is 3.86. The number of carbonyl (C=O) groups is 1. The predicted molar refractivity (Wildman–Crippen MR) is 159 cm³/mol. The topological polar surface area (TPSA) is 47.7 Å². The number of methoxy groups -OCH3 is 1. The third-order valence-electron chi connectivity index (χ3n) is 7.70. The number of anilines is 1. The highest BCUT2D eigenvalue weighted by molar-refractivity contribution is 6.30. The quantitative estimate of drug-likeness (QED) is 0.236. The van der Waals surface area contributed by atoms with Crippen LogP contribution in [0, 0.1) is 0 Å². The highest BCUT2D eigenvalue weighted by Gasteiger charge is 2.29. The number of aromatic nitrogens is 2. The largest absolute Gasteiger partial charge is 0.497 e. The number of rotatable bonds is 6. The molecule has 0 saturated carbocycles. The van der Waals surface area contributed by atoms with E-state index in [4.69, 9.17) is 16.3 Å². The fraction of sp³-hybridized carbons (Fsp3) is 0.242. The third-order valence-corrected chi connectivity index (χ3v) is 7.95. The maximum absolute atomic E-state index is 14.1. The Morgan fingerprint density at radius 2 is 1.62 bits per heavy atom. The summed E-state index contributed by atoms with van der Waals surface area (Å²) >= 11 is 6.20. The van der Waals surface area contributed by atoms with Crippen LogP contribution in [0.3, 0.4) is 0 Å². The van der Waals surface area contributed by atoms with Crippen molar-refractivity contribution in [1.82, 2.24) is 8.97 Å². The summed E-state index contributed by atoms with van der Waals surface area (Å²) in [6.07, 6.45) is 5.18. The second-order valence-electron chi connectivity index (χ2n) is 10.5. The van der Waals surface area contributed by atoms with E-state index in [2.05, 4.69) is 58.6 Å². The Morgan fingerprint density at radius 1 is 0.923 bits per heavy atom. The molecule has 5 nitrogen and oxygen atoms in total. The normalized spacial score (nSPS) is 13.1. The molecule has 0 unspecified atom stereocenters. The van der Waals surface area contributed by atoms with E-state index >= 15 is 0 Å². The first-order valence-electron chi connectivity index (χ1n) is 13.5. The third kappa shape index (κ3) is 4.61. The van der Waals surface area contributed by atoms with Gasteiger partial charge in [0, 0.05) is 34.6 Å². The van der Waals surface area contributed by atoms with E-state index in [1.807, 2.05) is 48.5 Å². The van der Waals surface area contributed by atoms with Crippen LogP contribution in [-0.4, -0.2) is 22.0 Å². The second-order valence-corrected chi connectivity index (χ2v) is 10.9. The van der Waals surface area contributed by atoms with E-state index in [0.29, 0.717) is 16.6 Å². The van der Waals surface area contributed by atoms with Crippen molar-refractivity contribution in [1.29, 1.82) is 0 Å². The second kappa shape index (κ2) is 10.3. The minimum Gasteiger partial charge on any atom is -0.497 e. The number of ether oxygens (including phenoxy) is 1. The van der Waals surface area contributed by atoms with Gasteiger partial charge in [-0.1, -0.05) is 61.8 Å². The summed E-state index contributed by atoms with van der Waals surface area (Å²) < 4.78 is 9.78. The van der Waals surface area contributed by atoms with Crippen molar-refractivity contribution >= 4 is 28.8 Å². The van der Waals surface area contributed by atoms with Crippen molar-refractivity contribution < 1.29 is 9.53 Å². The molecule has 0 fully saturated rings. The van der Waals surface area contributed by atoms with Crippen LogP contribution in [0.1, 0.15) is 54.2 Å². The lowest BCUT2D eigenvalue weighted by atomic mass is 9.95. The van der Waals surface area contributed by atoms with Gasteiger partial charge in [-0.15, -0.1) is 0 Å². The van der Waals surface area contributed by atoms with Gasteiger partial charge in [-0.05, 0) is 78.3 Å². The van der Waals surface area contributed by atoms with Crippen molar-refractivity contribution in [3.8, 4) is 28.1 Å². The predicted octanol–water partition coefficient (Wildman–Crippen LogP) is 8.45. The molecule has 198 valence electrons. The van der Waals surface area contributed by atoms with E-state index < -0.39 is 0 Å². The van der Waals surface area contributed by atoms with Gasteiger partial charge in [-0.2, -0.15) is 0 Å². The lowest BCUT2D eigenvalue weighted by Gasteiger charge is -2.12. The average Bonchev–Trinajstić information content (AvgIpc) is 3.37. The Kier molecular flexibility index (Phi) is 6.69. The maximum Gasteiger partial charge on any atom is 0.273 e. The summed E-state index contributed by atoms with van der Waals surface area (Å²) in [6, 6.07) is 24.1. The molecular formula is C33H32ClN3O2. The number of amides is 1. The molecule has 0 saturated heterocycles. The number of nitrogens with zero attached hydrogens (tertiary/aromatic N) is 2. The molecule has 0 aliphatic carbocycles. The molecule has 3 heterocycles. The molecule has 6 rings (SSSR count). The first-order chi connectivity index (χ1) is 18.9. The van der Waals surface area contributed by atoms with E-state index in [1.54, 1.807) is 7.11 Å². The molecule has 39 heavy (non-hydrogen) atoms. The number of halogens is 1. The maximum atomic E-state index is 14.1. The molecule has 0 spiro atoms. The van der Waals surface area contributed by atoms with Crippen molar-refractivity contribution in [2.45, 2.75) is 45.6 Å². The highest BCUT2D eigenvalue weighted by atomic mass is 35.5. The number of nitrogens with one attached hydrogen (secondary N) is 1. The fourth-order valence-electron chi connectivity index (χ4n) is 5.67. The minimum absolute atomic E-state index is 0.135. The molecule has 0 radical (unpaired) electrons. The van der Waals surface area contributed by atoms with Gasteiger partial charge in [0.15, 0.2) is 0 Å². The Labute approximate surface area is 234 Å². The van der Waals surface area contributed by atoms with Gasteiger partial charge in [0.05, 0.1) is 12.8 Å². The van der Waals surface area contributed by atoms with Crippen molar-refractivity contribution in [2.24, 2.45) is 0 Å². The first kappa shape index (κ1) is 25.3. The average molecular weight is 538 g/mol. The summed E-state index contributed by atoms with van der Waals surface area (Å²) in [7, 11) is 1.64. The Hall–Kier alpha value is -3.96. The summed E-state index contributed by atoms with van der Waals surface area (Å²) in [4.78, 5) is 14.1. The number of hydrogen-bond donors (Lipinski definition) is 1. The fourth-order valence-corrected chi connectivity index (χ4v) is 5.80. The lowest BCUT2D eigenvalue weighted by molar-refractivity contribution is 0.102. The molecule has 5 aromatic rings. The van der Waals surface area contributed by atoms with Gasteiger partial charge in [0.1, 0.15) is 17.1 Å². The van der Waals surface area contributed by atoms with Gasteiger partial charge in [0.2, 0.25) is 0 Å². The van der Waals surface area contributed by atoms with Crippen LogP contribution in [0.5, 0.6) is 5.75 Å². The number of carbonyl (C=O) groups excluding carboxylic acids is 1. The number of benzene rings is 3. The van der Waals surface area contributed by atoms with Gasteiger partial charge in [-0.3, -0.25) is 9.20 Å². The number of aryl methyl sites for hydroxylation is 2. The van der Waals surface area contributed by atoms with Crippen molar-refractivity contribution in [2.75, 3.05) is 12.4 Å². The minimum atomic E-state index is -0.135. The molecular weight excluding hydrogens is 506 g/mol. The van der Waals surface area contributed by atoms with Crippen LogP contribution >= 0.6 is 11.6 Å². The van der Waals surface area contributed by atoms with Crippen molar-refractivity contribution in [3.63, 3.8) is 0 Å². The van der Waals surface area contributed by atoms with Gasteiger partial charge in [-0.25, -0.2) is 0 Å². The smallest absolute Gasteiger partial charge is 0.273 e. The molecule has 1 aliphatic heterocycles. The van der Waals surface area contributed by atoms with Crippen LogP contribution in [-0.2, 0) is 13.0 Å². The van der Waals surface area contributed by atoms with E-state index in [0.717, 1.165) is 65.3 Å². The van der Waals surface area contributed by atoms with Crippen LogP contribution < -0.4 is 10.1 Å². The van der Waals surface area contributed by atoms with E-state index in [-0.39, 0.29) is 5.91 Å². The Bertz CT molecular complexity index is 1640. The number of imidazole rings is 1. The van der Waals surface area contributed by atoms with Gasteiger partial charge in [0.25, 0.3) is 5.91 Å². The summed E-state index contributed by atoms with van der Waals surface area (Å²) in [5.74, 6) is 1.06. The first-order valence-corrected chi connectivity index (χ1v) is 13.9. The van der Waals surface area contributed by atoms with Crippen LogP contribution in [0.2, 0.25) is 5.02 Å². The highest BCUT2D eigenvalue weighted by Crippen LogP contribution is 2.40. The molecule has 3 aromatic carbocycles. The summed E-state index contributed by atoms with van der Waals surface area (Å²) in [6.45, 7) is 5.30. The molecule has 1 aliphatic rings. The van der Waals surface area contributed by atoms with Crippen LogP contribution in [0.15, 0.2) is 79.0 Å². The number of hydrogen-bond acceptors (Lipinski definition) is 2. The zero-order valence-electron chi connectivity index (χ0n) is 22.5. The Balaban J connectivity index is 1.56. The lowest BCUT2D eigenvalue weighted by Crippen LogP contribution is -2.15. The van der Waals surface area contributed by atoms with Crippen LogP contribution in [0.4, 0.5) is 5.69 Å². The molecule has 2 aromatic heterocycles. The molecule has 6 heteroatoms. The van der Waals surface area contributed by atoms with Gasteiger partial charge < -0.3 is 14.6 Å². The molecule has 1 amide bonds. The Morgan fingerprint density at radius 3 is 2.28 bits per heavy atom. The van der Waals surface area contributed by atoms with Crippen molar-refractivity contribution in [3.05, 3.63) is 101 Å². The van der Waals surface area contributed by atoms with E-state index in [9.17, 15) is 4.79 Å². The summed E-state index contributed by atoms with van der Waals surface area (Å²) in [5.41, 5.74) is 9.25. The van der Waals surface area contributed by atoms with Gasteiger partial charge >= 0.3 is 0 Å². The monoisotopic (exact) mass is 537 g/mol.